The van der Waals surface area contributed by atoms with Crippen LogP contribution in [0.3, 0.4) is 0 Å². The number of aryl methyl sites for hydroxylation is 1. The molecule has 0 saturated carbocycles. The molecule has 4 rings (SSSR count). The number of para-hydroxylation sites is 1. The van der Waals surface area contributed by atoms with Gasteiger partial charge in [0.1, 0.15) is 17.1 Å². The van der Waals surface area contributed by atoms with E-state index in [4.69, 9.17) is 16.3 Å². The SMILES string of the molecule is Cc1ccccc1NC(=O)COc1ccc(/C=C2\C(=O)NC(=O)N(c3ccc(F)cc3)C2=O)cc1Cl. The molecule has 36 heavy (non-hydrogen) atoms. The highest BCUT2D eigenvalue weighted by molar-refractivity contribution is 6.39. The molecule has 2 N–H and O–H groups in total. The molecule has 3 aromatic carbocycles. The lowest BCUT2D eigenvalue weighted by Gasteiger charge is -2.26. The van der Waals surface area contributed by atoms with E-state index in [0.29, 0.717) is 11.3 Å². The number of hydrogen-bond donors (Lipinski definition) is 2. The van der Waals surface area contributed by atoms with E-state index in [1.165, 1.54) is 36.4 Å². The Kier molecular flexibility index (Phi) is 7.12. The van der Waals surface area contributed by atoms with E-state index >= 15 is 0 Å². The van der Waals surface area contributed by atoms with Gasteiger partial charge in [-0.25, -0.2) is 14.1 Å². The summed E-state index contributed by atoms with van der Waals surface area (Å²) in [5.74, 6) is -2.45. The number of carbonyl (C=O) groups is 4. The van der Waals surface area contributed by atoms with Gasteiger partial charge in [0.25, 0.3) is 17.7 Å². The number of rotatable bonds is 6. The highest BCUT2D eigenvalue weighted by atomic mass is 35.5. The summed E-state index contributed by atoms with van der Waals surface area (Å²) in [4.78, 5) is 50.5. The Morgan fingerprint density at radius 2 is 1.81 bits per heavy atom. The van der Waals surface area contributed by atoms with Crippen molar-refractivity contribution in [1.29, 1.82) is 0 Å². The molecule has 1 fully saturated rings. The first kappa shape index (κ1) is 24.6. The van der Waals surface area contributed by atoms with Crippen molar-refractivity contribution in [3.63, 3.8) is 0 Å². The van der Waals surface area contributed by atoms with Crippen LogP contribution in [0.1, 0.15) is 11.1 Å². The number of ether oxygens (including phenoxy) is 1. The van der Waals surface area contributed by atoms with Crippen molar-refractivity contribution in [2.24, 2.45) is 0 Å². The van der Waals surface area contributed by atoms with Crippen LogP contribution in [0.2, 0.25) is 5.02 Å². The first-order valence-electron chi connectivity index (χ1n) is 10.7. The molecule has 1 heterocycles. The van der Waals surface area contributed by atoms with Crippen LogP contribution in [0.15, 0.2) is 72.3 Å². The van der Waals surface area contributed by atoms with Crippen LogP contribution in [0.4, 0.5) is 20.6 Å². The molecule has 0 aromatic heterocycles. The summed E-state index contributed by atoms with van der Waals surface area (Å²) in [5, 5.41) is 4.98. The van der Waals surface area contributed by atoms with Crippen molar-refractivity contribution in [2.75, 3.05) is 16.8 Å². The summed E-state index contributed by atoms with van der Waals surface area (Å²) in [6.45, 7) is 1.58. The van der Waals surface area contributed by atoms with E-state index in [9.17, 15) is 23.6 Å². The van der Waals surface area contributed by atoms with Crippen LogP contribution in [-0.4, -0.2) is 30.4 Å². The van der Waals surface area contributed by atoms with Gasteiger partial charge in [-0.2, -0.15) is 0 Å². The molecular weight excluding hydrogens is 489 g/mol. The van der Waals surface area contributed by atoms with E-state index in [-0.39, 0.29) is 34.5 Å². The predicted molar refractivity (Wildman–Crippen MR) is 132 cm³/mol. The van der Waals surface area contributed by atoms with Crippen LogP contribution in [0.5, 0.6) is 5.75 Å². The lowest BCUT2D eigenvalue weighted by molar-refractivity contribution is -0.122. The molecule has 1 saturated heterocycles. The molecular formula is C26H19ClFN3O5. The van der Waals surface area contributed by atoms with E-state index in [1.54, 1.807) is 12.1 Å². The molecule has 8 nitrogen and oxygen atoms in total. The Balaban J connectivity index is 1.48. The molecule has 0 radical (unpaired) electrons. The van der Waals surface area contributed by atoms with Crippen molar-refractivity contribution in [1.82, 2.24) is 5.32 Å². The molecule has 0 atom stereocenters. The number of hydrogen-bond acceptors (Lipinski definition) is 5. The quantitative estimate of drug-likeness (QED) is 0.378. The monoisotopic (exact) mass is 507 g/mol. The molecule has 182 valence electrons. The van der Waals surface area contributed by atoms with E-state index in [0.717, 1.165) is 22.6 Å². The van der Waals surface area contributed by atoms with Crippen molar-refractivity contribution >= 4 is 52.8 Å². The Morgan fingerprint density at radius 1 is 1.08 bits per heavy atom. The second kappa shape index (κ2) is 10.4. The average Bonchev–Trinajstić information content (AvgIpc) is 2.84. The number of nitrogens with zero attached hydrogens (tertiary/aromatic N) is 1. The fourth-order valence-corrected chi connectivity index (χ4v) is 3.66. The minimum Gasteiger partial charge on any atom is -0.482 e. The summed E-state index contributed by atoms with van der Waals surface area (Å²) in [7, 11) is 0. The maximum atomic E-state index is 13.2. The van der Waals surface area contributed by atoms with Crippen molar-refractivity contribution in [2.45, 2.75) is 6.92 Å². The Morgan fingerprint density at radius 3 is 2.50 bits per heavy atom. The summed E-state index contributed by atoms with van der Waals surface area (Å²) in [5.41, 5.74) is 1.73. The number of carbonyl (C=O) groups excluding carboxylic acids is 4. The second-order valence-corrected chi connectivity index (χ2v) is 8.18. The molecule has 0 spiro atoms. The Hall–Kier alpha value is -4.50. The van der Waals surface area contributed by atoms with Gasteiger partial charge < -0.3 is 10.1 Å². The van der Waals surface area contributed by atoms with Gasteiger partial charge in [-0.1, -0.05) is 35.9 Å². The van der Waals surface area contributed by atoms with Crippen LogP contribution >= 0.6 is 11.6 Å². The third-order valence-electron chi connectivity index (χ3n) is 5.23. The molecule has 0 unspecified atom stereocenters. The number of benzene rings is 3. The van der Waals surface area contributed by atoms with Crippen LogP contribution in [0.25, 0.3) is 6.08 Å². The minimum atomic E-state index is -0.945. The first-order chi connectivity index (χ1) is 17.2. The topological polar surface area (TPSA) is 105 Å². The first-order valence-corrected chi connectivity index (χ1v) is 11.1. The minimum absolute atomic E-state index is 0.100. The molecule has 1 aliphatic rings. The maximum absolute atomic E-state index is 13.2. The van der Waals surface area contributed by atoms with Gasteiger partial charge in [-0.05, 0) is 66.6 Å². The fraction of sp³-hybridized carbons (Fsp3) is 0.0769. The molecule has 3 aromatic rings. The van der Waals surface area contributed by atoms with Crippen LogP contribution in [-0.2, 0) is 14.4 Å². The average molecular weight is 508 g/mol. The van der Waals surface area contributed by atoms with Crippen LogP contribution < -0.4 is 20.3 Å². The molecule has 0 bridgehead atoms. The number of halogens is 2. The zero-order chi connectivity index (χ0) is 25.8. The normalized spacial score (nSPS) is 14.6. The van der Waals surface area contributed by atoms with Gasteiger partial charge in [-0.3, -0.25) is 19.7 Å². The molecule has 10 heteroatoms. The van der Waals surface area contributed by atoms with Crippen molar-refractivity contribution in [3.05, 3.63) is 94.3 Å². The molecule has 1 aliphatic heterocycles. The smallest absolute Gasteiger partial charge is 0.335 e. The third kappa shape index (κ3) is 5.42. The zero-order valence-corrected chi connectivity index (χ0v) is 19.6. The van der Waals surface area contributed by atoms with E-state index < -0.39 is 23.7 Å². The highest BCUT2D eigenvalue weighted by Crippen LogP contribution is 2.28. The Labute approximate surface area is 210 Å². The number of nitrogens with one attached hydrogen (secondary N) is 2. The van der Waals surface area contributed by atoms with Gasteiger partial charge in [-0.15, -0.1) is 0 Å². The lowest BCUT2D eigenvalue weighted by atomic mass is 10.1. The Bertz CT molecular complexity index is 1400. The standard InChI is InChI=1S/C26H19ClFN3O5/c1-15-4-2-3-5-21(15)29-23(32)14-36-22-11-6-16(13-20(22)27)12-19-24(33)30-26(35)31(25(19)34)18-9-7-17(28)8-10-18/h2-13H,14H2,1H3,(H,29,32)(H,30,33,35)/b19-12+. The second-order valence-electron chi connectivity index (χ2n) is 7.78. The fourth-order valence-electron chi connectivity index (χ4n) is 3.42. The lowest BCUT2D eigenvalue weighted by Crippen LogP contribution is -2.54. The number of urea groups is 1. The highest BCUT2D eigenvalue weighted by Gasteiger charge is 2.36. The summed E-state index contributed by atoms with van der Waals surface area (Å²) < 4.78 is 18.7. The third-order valence-corrected chi connectivity index (χ3v) is 5.53. The van der Waals surface area contributed by atoms with Gasteiger partial charge in [0.2, 0.25) is 0 Å². The summed E-state index contributed by atoms with van der Waals surface area (Å²) in [6, 6.07) is 15.5. The molecule has 5 amide bonds. The van der Waals surface area contributed by atoms with E-state index in [1.807, 2.05) is 19.1 Å². The van der Waals surface area contributed by atoms with E-state index in [2.05, 4.69) is 10.6 Å². The van der Waals surface area contributed by atoms with Gasteiger partial charge >= 0.3 is 6.03 Å². The predicted octanol–water partition coefficient (Wildman–Crippen LogP) is 4.47. The number of barbiturate groups is 1. The largest absolute Gasteiger partial charge is 0.482 e. The van der Waals surface area contributed by atoms with Gasteiger partial charge in [0.05, 0.1) is 10.7 Å². The number of amides is 5. The maximum Gasteiger partial charge on any atom is 0.335 e. The molecule has 0 aliphatic carbocycles. The number of imide groups is 2. The van der Waals surface area contributed by atoms with Gasteiger partial charge in [0.15, 0.2) is 6.61 Å². The van der Waals surface area contributed by atoms with Gasteiger partial charge in [0, 0.05) is 5.69 Å². The summed E-state index contributed by atoms with van der Waals surface area (Å²) in [6.07, 6.45) is 1.27. The number of anilines is 2. The van der Waals surface area contributed by atoms with Crippen molar-refractivity contribution in [3.8, 4) is 5.75 Å². The zero-order valence-electron chi connectivity index (χ0n) is 18.9. The van der Waals surface area contributed by atoms with Crippen LogP contribution in [0, 0.1) is 12.7 Å². The summed E-state index contributed by atoms with van der Waals surface area (Å²) >= 11 is 6.28. The van der Waals surface area contributed by atoms with Crippen molar-refractivity contribution < 1.29 is 28.3 Å².